The maximum absolute atomic E-state index is 11.9. The highest BCUT2D eigenvalue weighted by atomic mass is 16.4. The quantitative estimate of drug-likeness (QED) is 0.822. The highest BCUT2D eigenvalue weighted by Gasteiger charge is 2.88. The van der Waals surface area contributed by atoms with Crippen molar-refractivity contribution in [3.63, 3.8) is 0 Å². The summed E-state index contributed by atoms with van der Waals surface area (Å²) in [5.74, 6) is 2.08. The fourth-order valence-corrected chi connectivity index (χ4v) is 7.67. The summed E-state index contributed by atoms with van der Waals surface area (Å²) in [4.78, 5) is 11.9. The van der Waals surface area contributed by atoms with Crippen molar-refractivity contribution in [1.82, 2.24) is 0 Å². The van der Waals surface area contributed by atoms with E-state index < -0.39 is 5.97 Å². The minimum absolute atomic E-state index is 0.00454. The highest BCUT2D eigenvalue weighted by molar-refractivity contribution is 5.74. The minimum Gasteiger partial charge on any atom is -0.481 e. The van der Waals surface area contributed by atoms with Crippen LogP contribution in [0.5, 0.6) is 0 Å². The van der Waals surface area contributed by atoms with Gasteiger partial charge in [-0.05, 0) is 53.3 Å². The number of aliphatic hydroxyl groups excluding tert-OH is 1. The smallest absolute Gasteiger partial charge is 0.307 e. The summed E-state index contributed by atoms with van der Waals surface area (Å²) in [6, 6.07) is 0. The van der Waals surface area contributed by atoms with Crippen LogP contribution in [0, 0.1) is 52.3 Å². The molecule has 8 atom stereocenters. The average molecular weight is 264 g/mol. The van der Waals surface area contributed by atoms with Gasteiger partial charge in [0.1, 0.15) is 0 Å². The Hall–Kier alpha value is -0.570. The van der Waals surface area contributed by atoms with Crippen molar-refractivity contribution in [3.05, 3.63) is 0 Å². The van der Waals surface area contributed by atoms with Crippen LogP contribution in [0.15, 0.2) is 0 Å². The predicted molar refractivity (Wildman–Crippen MR) is 70.3 cm³/mol. The lowest BCUT2D eigenvalue weighted by molar-refractivity contribution is -0.150. The molecule has 4 rings (SSSR count). The zero-order chi connectivity index (χ0) is 13.7. The molecule has 2 N–H and O–H groups in total. The molecule has 0 aromatic heterocycles. The summed E-state index contributed by atoms with van der Waals surface area (Å²) in [5, 5.41) is 19.7. The van der Waals surface area contributed by atoms with Crippen molar-refractivity contribution in [1.29, 1.82) is 0 Å². The number of fused-ring (bicyclic) bond motifs is 2. The lowest BCUT2D eigenvalue weighted by Gasteiger charge is -2.40. The number of aliphatic hydroxyl groups is 1. The van der Waals surface area contributed by atoms with E-state index in [1.807, 2.05) is 0 Å². The van der Waals surface area contributed by atoms with Crippen molar-refractivity contribution >= 4 is 5.97 Å². The molecule has 4 aliphatic rings. The van der Waals surface area contributed by atoms with Gasteiger partial charge in [-0.3, -0.25) is 4.79 Å². The Morgan fingerprint density at radius 1 is 1.42 bits per heavy atom. The van der Waals surface area contributed by atoms with Crippen LogP contribution < -0.4 is 0 Å². The molecule has 0 amide bonds. The van der Waals surface area contributed by atoms with Crippen molar-refractivity contribution in [2.45, 2.75) is 33.6 Å². The molecule has 4 fully saturated rings. The van der Waals surface area contributed by atoms with E-state index in [0.717, 1.165) is 12.3 Å². The Labute approximate surface area is 114 Å². The fraction of sp³-hybridized carbons (Fsp3) is 0.938. The Bertz CT molecular complexity index is 459. The lowest BCUT2D eigenvalue weighted by Crippen LogP contribution is -2.41. The molecule has 4 saturated carbocycles. The first kappa shape index (κ1) is 12.2. The minimum atomic E-state index is -0.657. The zero-order valence-corrected chi connectivity index (χ0v) is 12.0. The molecule has 3 nitrogen and oxygen atoms in total. The normalized spacial score (nSPS) is 60.7. The summed E-state index contributed by atoms with van der Waals surface area (Å²) in [6.07, 6.45) is 2.33. The average Bonchev–Trinajstić information content (AvgIpc) is 2.65. The van der Waals surface area contributed by atoms with E-state index in [9.17, 15) is 15.0 Å². The number of carboxylic acid groups (broad SMARTS) is 1. The van der Waals surface area contributed by atoms with Gasteiger partial charge in [-0.2, -0.15) is 0 Å². The predicted octanol–water partition coefficient (Wildman–Crippen LogP) is 2.24. The summed E-state index contributed by atoms with van der Waals surface area (Å²) < 4.78 is 0. The molecule has 0 aliphatic heterocycles. The Balaban J connectivity index is 1.91. The van der Waals surface area contributed by atoms with E-state index >= 15 is 0 Å². The topological polar surface area (TPSA) is 57.5 Å². The van der Waals surface area contributed by atoms with Crippen LogP contribution in [0.25, 0.3) is 0 Å². The molecule has 0 aromatic rings. The van der Waals surface area contributed by atoms with Gasteiger partial charge >= 0.3 is 5.97 Å². The largest absolute Gasteiger partial charge is 0.481 e. The third kappa shape index (κ3) is 0.940. The van der Waals surface area contributed by atoms with Crippen LogP contribution in [-0.4, -0.2) is 22.8 Å². The van der Waals surface area contributed by atoms with Crippen LogP contribution in [0.4, 0.5) is 0 Å². The lowest BCUT2D eigenvalue weighted by atomic mass is 9.63. The van der Waals surface area contributed by atoms with E-state index in [-0.39, 0.29) is 29.3 Å². The van der Waals surface area contributed by atoms with E-state index in [1.54, 1.807) is 0 Å². The van der Waals surface area contributed by atoms with Gasteiger partial charge in [0.05, 0.1) is 5.92 Å². The Morgan fingerprint density at radius 2 is 2.11 bits per heavy atom. The van der Waals surface area contributed by atoms with Gasteiger partial charge in [0.15, 0.2) is 0 Å². The molecular formula is C16H24O3. The molecular weight excluding hydrogens is 240 g/mol. The molecule has 3 heteroatoms. The van der Waals surface area contributed by atoms with Crippen LogP contribution in [-0.2, 0) is 4.79 Å². The van der Waals surface area contributed by atoms with E-state index in [2.05, 4.69) is 20.8 Å². The molecule has 19 heavy (non-hydrogen) atoms. The van der Waals surface area contributed by atoms with Crippen LogP contribution in [0.3, 0.4) is 0 Å². The summed E-state index contributed by atoms with van der Waals surface area (Å²) in [5.41, 5.74) is 0.149. The summed E-state index contributed by atoms with van der Waals surface area (Å²) >= 11 is 0. The van der Waals surface area contributed by atoms with Gasteiger partial charge in [-0.1, -0.05) is 20.8 Å². The van der Waals surface area contributed by atoms with Crippen molar-refractivity contribution in [2.75, 3.05) is 6.61 Å². The summed E-state index contributed by atoms with van der Waals surface area (Å²) in [7, 11) is 0. The van der Waals surface area contributed by atoms with Gasteiger partial charge in [-0.25, -0.2) is 0 Å². The monoisotopic (exact) mass is 264 g/mol. The van der Waals surface area contributed by atoms with Gasteiger partial charge in [0, 0.05) is 12.5 Å². The standard InChI is InChI=1S/C16H24O3/c1-7(2)15-5-9-4-11(15)16(8(3)12(9)16)10(6-17)13(15)14(18)19/h7-13,17H,4-6H2,1-3H3,(H,18,19). The summed E-state index contributed by atoms with van der Waals surface area (Å²) in [6.45, 7) is 6.76. The molecule has 0 heterocycles. The molecule has 0 aromatic carbocycles. The molecule has 8 unspecified atom stereocenters. The number of carbonyl (C=O) groups is 1. The van der Waals surface area contributed by atoms with Crippen molar-refractivity contribution in [2.24, 2.45) is 52.3 Å². The molecule has 1 spiro atoms. The first-order valence-corrected chi connectivity index (χ1v) is 7.77. The Morgan fingerprint density at radius 3 is 2.63 bits per heavy atom. The number of hydrogen-bond acceptors (Lipinski definition) is 2. The van der Waals surface area contributed by atoms with Crippen LogP contribution >= 0.6 is 0 Å². The van der Waals surface area contributed by atoms with E-state index in [4.69, 9.17) is 0 Å². The van der Waals surface area contributed by atoms with Crippen LogP contribution in [0.1, 0.15) is 33.6 Å². The maximum atomic E-state index is 11.9. The second-order valence-corrected chi connectivity index (χ2v) is 7.94. The number of hydrogen-bond donors (Lipinski definition) is 2. The van der Waals surface area contributed by atoms with E-state index in [1.165, 1.54) is 6.42 Å². The Kier molecular flexibility index (Phi) is 2.04. The number of carboxylic acids is 1. The van der Waals surface area contributed by atoms with Gasteiger partial charge in [0.25, 0.3) is 0 Å². The second-order valence-electron chi connectivity index (χ2n) is 7.94. The molecule has 2 bridgehead atoms. The molecule has 4 aliphatic carbocycles. The van der Waals surface area contributed by atoms with E-state index in [0.29, 0.717) is 23.7 Å². The van der Waals surface area contributed by atoms with Crippen LogP contribution in [0.2, 0.25) is 0 Å². The number of rotatable bonds is 3. The number of aliphatic carboxylic acids is 1. The van der Waals surface area contributed by atoms with Gasteiger partial charge in [0.2, 0.25) is 0 Å². The third-order valence-corrected chi connectivity index (χ3v) is 7.87. The van der Waals surface area contributed by atoms with Gasteiger partial charge in [-0.15, -0.1) is 0 Å². The maximum Gasteiger partial charge on any atom is 0.307 e. The molecule has 0 saturated heterocycles. The van der Waals surface area contributed by atoms with Crippen molar-refractivity contribution < 1.29 is 15.0 Å². The second kappa shape index (κ2) is 3.19. The molecule has 0 radical (unpaired) electrons. The third-order valence-electron chi connectivity index (χ3n) is 7.87. The first-order valence-electron chi connectivity index (χ1n) is 7.77. The van der Waals surface area contributed by atoms with Crippen molar-refractivity contribution in [3.8, 4) is 0 Å². The fourth-order valence-electron chi connectivity index (χ4n) is 7.67. The first-order chi connectivity index (χ1) is 8.93. The SMILES string of the molecule is CC(C)C12CC3CC1C1(C(C)C31)C(CO)C2C(=O)O. The highest BCUT2D eigenvalue weighted by Crippen LogP contribution is 2.91. The van der Waals surface area contributed by atoms with Gasteiger partial charge < -0.3 is 10.2 Å². The zero-order valence-electron chi connectivity index (χ0n) is 12.0. The molecule has 106 valence electrons.